The molecular weight excluding hydrogens is 326 g/mol. The number of nitrogens with zero attached hydrogens (tertiary/aromatic N) is 3. The van der Waals surface area contributed by atoms with E-state index in [2.05, 4.69) is 10.0 Å². The lowest BCUT2D eigenvalue weighted by Crippen LogP contribution is -2.51. The number of hydrogen-bond donors (Lipinski definition) is 0. The molecule has 1 aromatic carbocycles. The molecule has 0 radical (unpaired) electrons. The third kappa shape index (κ3) is 4.71. The van der Waals surface area contributed by atoms with E-state index in [1.807, 2.05) is 6.92 Å². The van der Waals surface area contributed by atoms with Crippen molar-refractivity contribution in [3.05, 3.63) is 46.3 Å². The second-order valence-corrected chi connectivity index (χ2v) is 6.03. The largest absolute Gasteiger partial charge is 0.459 e. The number of azide groups is 1. The maximum absolute atomic E-state index is 12.1. The van der Waals surface area contributed by atoms with Crippen molar-refractivity contribution in [3.63, 3.8) is 0 Å². The van der Waals surface area contributed by atoms with Crippen LogP contribution >= 0.6 is 0 Å². The van der Waals surface area contributed by atoms with Crippen molar-refractivity contribution >= 4 is 11.9 Å². The van der Waals surface area contributed by atoms with Crippen molar-refractivity contribution in [2.45, 2.75) is 39.2 Å². The van der Waals surface area contributed by atoms with E-state index in [1.165, 1.54) is 6.92 Å². The highest BCUT2D eigenvalue weighted by Crippen LogP contribution is 2.33. The lowest BCUT2D eigenvalue weighted by molar-refractivity contribution is -0.237. The minimum absolute atomic E-state index is 0.0309. The van der Waals surface area contributed by atoms with E-state index in [1.54, 1.807) is 37.3 Å². The Kier molecular flexibility index (Phi) is 6.38. The summed E-state index contributed by atoms with van der Waals surface area (Å²) in [7, 11) is 0. The standard InChI is InChI=1S/C17H21N3O5/c1-10-14(9-23-16(22)13-7-5-4-6-8-13)25-17(24-12(3)21)11(2)15(10)19-20-18/h4-8,10-11,14-15,17H,9H2,1-3H3/t10-,11?,14?,15-,17-/m0/s1. The van der Waals surface area contributed by atoms with Crippen molar-refractivity contribution in [1.29, 1.82) is 0 Å². The molecular formula is C17H21N3O5. The van der Waals surface area contributed by atoms with Gasteiger partial charge in [0.2, 0.25) is 6.29 Å². The van der Waals surface area contributed by atoms with E-state index >= 15 is 0 Å². The topological polar surface area (TPSA) is 111 Å². The van der Waals surface area contributed by atoms with Crippen LogP contribution in [0.1, 0.15) is 31.1 Å². The molecule has 134 valence electrons. The number of ether oxygens (including phenoxy) is 3. The Morgan fingerprint density at radius 1 is 1.24 bits per heavy atom. The predicted octanol–water partition coefficient (Wildman–Crippen LogP) is 3.08. The van der Waals surface area contributed by atoms with Crippen LogP contribution < -0.4 is 0 Å². The molecule has 8 heteroatoms. The quantitative estimate of drug-likeness (QED) is 0.352. The minimum atomic E-state index is -0.857. The van der Waals surface area contributed by atoms with Crippen LogP contribution in [0.4, 0.5) is 0 Å². The van der Waals surface area contributed by atoms with Gasteiger partial charge >= 0.3 is 11.9 Å². The normalized spacial score (nSPS) is 28.5. The maximum atomic E-state index is 12.1. The zero-order valence-corrected chi connectivity index (χ0v) is 14.4. The van der Waals surface area contributed by atoms with Gasteiger partial charge in [-0.15, -0.1) is 0 Å². The van der Waals surface area contributed by atoms with Crippen LogP contribution in [0.5, 0.6) is 0 Å². The first-order valence-corrected chi connectivity index (χ1v) is 8.03. The number of carbonyl (C=O) groups is 2. The Labute approximate surface area is 145 Å². The molecule has 1 heterocycles. The van der Waals surface area contributed by atoms with Crippen molar-refractivity contribution < 1.29 is 23.8 Å². The number of hydrogen-bond acceptors (Lipinski definition) is 6. The highest BCUT2D eigenvalue weighted by Gasteiger charge is 2.43. The second-order valence-electron chi connectivity index (χ2n) is 6.03. The third-order valence-electron chi connectivity index (χ3n) is 4.26. The van der Waals surface area contributed by atoms with E-state index in [9.17, 15) is 9.59 Å². The average molecular weight is 347 g/mol. The molecule has 1 aliphatic rings. The summed E-state index contributed by atoms with van der Waals surface area (Å²) in [6.45, 7) is 4.88. The molecule has 8 nitrogen and oxygen atoms in total. The minimum Gasteiger partial charge on any atom is -0.459 e. The first kappa shape index (κ1) is 18.8. The summed E-state index contributed by atoms with van der Waals surface area (Å²) in [4.78, 5) is 26.2. The van der Waals surface area contributed by atoms with E-state index < -0.39 is 30.4 Å². The first-order valence-electron chi connectivity index (χ1n) is 8.03. The van der Waals surface area contributed by atoms with Crippen LogP contribution in [0.2, 0.25) is 0 Å². The van der Waals surface area contributed by atoms with Gasteiger partial charge in [0, 0.05) is 17.8 Å². The zero-order valence-electron chi connectivity index (χ0n) is 14.4. The van der Waals surface area contributed by atoms with Crippen molar-refractivity contribution in [3.8, 4) is 0 Å². The van der Waals surface area contributed by atoms with Gasteiger partial charge in [0.15, 0.2) is 0 Å². The summed E-state index contributed by atoms with van der Waals surface area (Å²) in [6.07, 6.45) is -1.41. The van der Waals surface area contributed by atoms with Gasteiger partial charge < -0.3 is 14.2 Å². The molecule has 25 heavy (non-hydrogen) atoms. The van der Waals surface area contributed by atoms with E-state index in [0.29, 0.717) is 5.56 Å². The zero-order chi connectivity index (χ0) is 18.4. The molecule has 2 rings (SSSR count). The Hall–Kier alpha value is -2.57. The van der Waals surface area contributed by atoms with Crippen LogP contribution in [0.15, 0.2) is 35.4 Å². The fourth-order valence-electron chi connectivity index (χ4n) is 2.85. The first-order chi connectivity index (χ1) is 11.9. The summed E-state index contributed by atoms with van der Waals surface area (Å²) in [5.74, 6) is -1.48. The lowest BCUT2D eigenvalue weighted by atomic mass is 9.84. The summed E-state index contributed by atoms with van der Waals surface area (Å²) >= 11 is 0. The van der Waals surface area contributed by atoms with Gasteiger partial charge in [-0.05, 0) is 23.6 Å². The molecule has 5 atom stereocenters. The SMILES string of the molecule is CC(=O)O[C@H]1OC(COC(=O)c2ccccc2)[C@H](C)[C@H](N=[N+]=[N-])C1C. The molecule has 1 aromatic rings. The molecule has 0 aromatic heterocycles. The highest BCUT2D eigenvalue weighted by molar-refractivity contribution is 5.89. The van der Waals surface area contributed by atoms with Crippen LogP contribution in [-0.2, 0) is 19.0 Å². The maximum Gasteiger partial charge on any atom is 0.338 e. The van der Waals surface area contributed by atoms with Gasteiger partial charge in [-0.25, -0.2) is 4.79 Å². The van der Waals surface area contributed by atoms with E-state index in [-0.39, 0.29) is 18.4 Å². The summed E-state index contributed by atoms with van der Waals surface area (Å²) in [5.41, 5.74) is 9.23. The van der Waals surface area contributed by atoms with Gasteiger partial charge in [0.25, 0.3) is 0 Å². The molecule has 0 spiro atoms. The lowest BCUT2D eigenvalue weighted by Gasteiger charge is -2.41. The van der Waals surface area contributed by atoms with E-state index in [4.69, 9.17) is 19.7 Å². The highest BCUT2D eigenvalue weighted by atomic mass is 16.7. The average Bonchev–Trinajstić information content (AvgIpc) is 2.60. The smallest absolute Gasteiger partial charge is 0.338 e. The Morgan fingerprint density at radius 3 is 2.52 bits per heavy atom. The van der Waals surface area contributed by atoms with Gasteiger partial charge in [-0.3, -0.25) is 4.79 Å². The number of carbonyl (C=O) groups excluding carboxylic acids is 2. The van der Waals surface area contributed by atoms with Gasteiger partial charge in [-0.1, -0.05) is 37.2 Å². The van der Waals surface area contributed by atoms with Crippen LogP contribution in [0.25, 0.3) is 10.4 Å². The fourth-order valence-corrected chi connectivity index (χ4v) is 2.85. The predicted molar refractivity (Wildman–Crippen MR) is 88.4 cm³/mol. The monoisotopic (exact) mass is 347 g/mol. The number of rotatable bonds is 5. The van der Waals surface area contributed by atoms with E-state index in [0.717, 1.165) is 0 Å². The van der Waals surface area contributed by atoms with Gasteiger partial charge in [-0.2, -0.15) is 0 Å². The van der Waals surface area contributed by atoms with Crippen molar-refractivity contribution in [1.82, 2.24) is 0 Å². The van der Waals surface area contributed by atoms with Crippen LogP contribution in [0.3, 0.4) is 0 Å². The number of benzene rings is 1. The Bertz CT molecular complexity index is 660. The number of esters is 2. The molecule has 0 amide bonds. The van der Waals surface area contributed by atoms with Crippen molar-refractivity contribution in [2.75, 3.05) is 6.61 Å². The molecule has 2 unspecified atom stereocenters. The summed E-state index contributed by atoms with van der Waals surface area (Å²) in [5, 5.41) is 3.81. The van der Waals surface area contributed by atoms with Gasteiger partial charge in [0.1, 0.15) is 6.61 Å². The Balaban J connectivity index is 2.08. The Morgan fingerprint density at radius 2 is 1.92 bits per heavy atom. The molecule has 0 aliphatic carbocycles. The molecule has 0 N–H and O–H groups in total. The van der Waals surface area contributed by atoms with Gasteiger partial charge in [0.05, 0.1) is 17.7 Å². The molecule has 0 saturated carbocycles. The van der Waals surface area contributed by atoms with Crippen molar-refractivity contribution in [2.24, 2.45) is 17.0 Å². The second kappa shape index (κ2) is 8.50. The molecule has 1 saturated heterocycles. The third-order valence-corrected chi connectivity index (χ3v) is 4.26. The summed E-state index contributed by atoms with van der Waals surface area (Å²) < 4.78 is 16.3. The molecule has 1 fully saturated rings. The van der Waals surface area contributed by atoms with Crippen LogP contribution in [-0.4, -0.2) is 37.0 Å². The molecule has 1 aliphatic heterocycles. The fraction of sp³-hybridized carbons (Fsp3) is 0.529. The molecule has 0 bridgehead atoms. The van der Waals surface area contributed by atoms with Crippen LogP contribution in [0, 0.1) is 11.8 Å². The summed E-state index contributed by atoms with van der Waals surface area (Å²) in [6, 6.07) is 8.15.